The molecule has 170 valence electrons. The number of hydroxylamine groups is 2. The number of carbonyl (C=O) groups excluding carboxylic acids is 1. The van der Waals surface area contributed by atoms with E-state index in [1.54, 1.807) is 0 Å². The zero-order chi connectivity index (χ0) is 22.3. The van der Waals surface area contributed by atoms with Crippen LogP contribution in [0.4, 0.5) is 0 Å². The number of rotatable bonds is 10. The lowest BCUT2D eigenvalue weighted by molar-refractivity contribution is -0.154. The molecule has 1 fully saturated rings. The van der Waals surface area contributed by atoms with E-state index in [1.165, 1.54) is 23.5 Å². The maximum atomic E-state index is 11.8. The molecule has 31 heavy (non-hydrogen) atoms. The summed E-state index contributed by atoms with van der Waals surface area (Å²) in [5.74, 6) is 0.286. The largest absolute Gasteiger partial charge is 0.481 e. The van der Waals surface area contributed by atoms with Crippen LogP contribution in [0.5, 0.6) is 5.75 Å². The lowest BCUT2D eigenvalue weighted by Gasteiger charge is -2.38. The third kappa shape index (κ3) is 6.57. The summed E-state index contributed by atoms with van der Waals surface area (Å²) in [4.78, 5) is 31.5. The summed E-state index contributed by atoms with van der Waals surface area (Å²) in [6.45, 7) is 1.31. The van der Waals surface area contributed by atoms with Gasteiger partial charge in [-0.05, 0) is 75.4 Å². The molecule has 6 nitrogen and oxygen atoms in total. The minimum Gasteiger partial charge on any atom is -0.481 e. The minimum atomic E-state index is -0.814. The molecular weight excluding hydrogens is 392 g/mol. The number of benzene rings is 1. The number of carboxylic acids is 1. The van der Waals surface area contributed by atoms with E-state index in [0.717, 1.165) is 50.6 Å². The SMILES string of the molecule is CN(C)CC1CCCC=C1c1cccc(ON(C=O)CC2(CC(=O)O)CCCCC2)c1. The topological polar surface area (TPSA) is 70.1 Å². The van der Waals surface area contributed by atoms with E-state index >= 15 is 0 Å². The van der Waals surface area contributed by atoms with Gasteiger partial charge in [-0.1, -0.05) is 37.5 Å². The van der Waals surface area contributed by atoms with Crippen molar-refractivity contribution in [1.29, 1.82) is 0 Å². The molecule has 1 aromatic rings. The molecule has 0 saturated heterocycles. The van der Waals surface area contributed by atoms with Gasteiger partial charge in [0.2, 0.25) is 6.41 Å². The summed E-state index contributed by atoms with van der Waals surface area (Å²) in [6.07, 6.45) is 11.3. The lowest BCUT2D eigenvalue weighted by atomic mass is 9.71. The molecule has 0 bridgehead atoms. The molecule has 0 aliphatic heterocycles. The van der Waals surface area contributed by atoms with Gasteiger partial charge in [0.15, 0.2) is 5.75 Å². The van der Waals surface area contributed by atoms with E-state index in [0.29, 0.717) is 24.6 Å². The molecule has 0 spiro atoms. The molecule has 1 amide bonds. The van der Waals surface area contributed by atoms with Crippen LogP contribution in [0, 0.1) is 11.3 Å². The molecule has 0 radical (unpaired) electrons. The number of amides is 1. The minimum absolute atomic E-state index is 0.0693. The molecule has 2 aliphatic carbocycles. The van der Waals surface area contributed by atoms with Crippen LogP contribution in [0.25, 0.3) is 5.57 Å². The molecule has 1 N–H and O–H groups in total. The van der Waals surface area contributed by atoms with Crippen molar-refractivity contribution < 1.29 is 19.5 Å². The van der Waals surface area contributed by atoms with Crippen LogP contribution in [-0.4, -0.2) is 54.6 Å². The van der Waals surface area contributed by atoms with Gasteiger partial charge in [-0.3, -0.25) is 9.59 Å². The Bertz CT molecular complexity index is 783. The number of nitrogens with zero attached hydrogens (tertiary/aromatic N) is 2. The van der Waals surface area contributed by atoms with E-state index in [2.05, 4.69) is 31.1 Å². The molecular formula is C25H36N2O4. The number of aliphatic carboxylic acids is 1. The predicted molar refractivity (Wildman–Crippen MR) is 121 cm³/mol. The van der Waals surface area contributed by atoms with Crippen LogP contribution >= 0.6 is 0 Å². The van der Waals surface area contributed by atoms with Crippen LogP contribution in [0.15, 0.2) is 30.3 Å². The first kappa shape index (κ1) is 23.3. The van der Waals surface area contributed by atoms with Gasteiger partial charge < -0.3 is 14.8 Å². The Balaban J connectivity index is 1.74. The molecule has 1 atom stereocenters. The van der Waals surface area contributed by atoms with Crippen molar-refractivity contribution in [2.24, 2.45) is 11.3 Å². The van der Waals surface area contributed by atoms with Crippen LogP contribution in [0.2, 0.25) is 0 Å². The van der Waals surface area contributed by atoms with Gasteiger partial charge >= 0.3 is 5.97 Å². The van der Waals surface area contributed by atoms with Crippen LogP contribution in [0.3, 0.4) is 0 Å². The second-order valence-corrected chi connectivity index (χ2v) is 9.48. The van der Waals surface area contributed by atoms with Crippen LogP contribution < -0.4 is 4.84 Å². The Morgan fingerprint density at radius 2 is 2.00 bits per heavy atom. The highest BCUT2D eigenvalue weighted by atomic mass is 16.7. The third-order valence-electron chi connectivity index (χ3n) is 6.59. The lowest BCUT2D eigenvalue weighted by Crippen LogP contribution is -2.41. The summed E-state index contributed by atoms with van der Waals surface area (Å²) in [6, 6.07) is 7.92. The average molecular weight is 429 g/mol. The van der Waals surface area contributed by atoms with Crippen molar-refractivity contribution in [1.82, 2.24) is 9.96 Å². The second kappa shape index (κ2) is 10.8. The predicted octanol–water partition coefficient (Wildman–Crippen LogP) is 4.61. The smallest absolute Gasteiger partial charge is 0.303 e. The highest BCUT2D eigenvalue weighted by Gasteiger charge is 2.37. The molecule has 0 heterocycles. The number of allylic oxidation sites excluding steroid dienone is 1. The van der Waals surface area contributed by atoms with Crippen molar-refractivity contribution in [2.75, 3.05) is 27.2 Å². The Kier molecular flexibility index (Phi) is 8.13. The third-order valence-corrected chi connectivity index (χ3v) is 6.59. The molecule has 3 rings (SSSR count). The standard InChI is InChI=1S/C25H36N2O4/c1-26(2)17-21-9-4-5-12-23(21)20-10-8-11-22(15-20)31-27(19-28)18-25(16-24(29)30)13-6-3-7-14-25/h8,10-12,15,19,21H,3-7,9,13-14,16-18H2,1-2H3,(H,29,30). The highest BCUT2D eigenvalue weighted by Crippen LogP contribution is 2.40. The maximum Gasteiger partial charge on any atom is 0.303 e. The van der Waals surface area contributed by atoms with Crippen LogP contribution in [0.1, 0.15) is 63.4 Å². The molecule has 0 aromatic heterocycles. The number of carboxylic acid groups (broad SMARTS) is 1. The Labute approximate surface area is 185 Å². The van der Waals surface area contributed by atoms with Crippen molar-refractivity contribution >= 4 is 18.0 Å². The van der Waals surface area contributed by atoms with Gasteiger partial charge in [-0.2, -0.15) is 5.06 Å². The van der Waals surface area contributed by atoms with Crippen molar-refractivity contribution in [2.45, 2.75) is 57.8 Å². The van der Waals surface area contributed by atoms with Gasteiger partial charge in [0.05, 0.1) is 13.0 Å². The zero-order valence-corrected chi connectivity index (χ0v) is 18.9. The highest BCUT2D eigenvalue weighted by molar-refractivity contribution is 5.69. The second-order valence-electron chi connectivity index (χ2n) is 9.48. The van der Waals surface area contributed by atoms with E-state index in [4.69, 9.17) is 4.84 Å². The summed E-state index contributed by atoms with van der Waals surface area (Å²) in [5.41, 5.74) is 2.07. The monoisotopic (exact) mass is 428 g/mol. The fourth-order valence-corrected chi connectivity index (χ4v) is 5.23. The van der Waals surface area contributed by atoms with E-state index in [9.17, 15) is 14.7 Å². The van der Waals surface area contributed by atoms with Gasteiger partial charge in [0.25, 0.3) is 0 Å². The Morgan fingerprint density at radius 3 is 2.68 bits per heavy atom. The maximum absolute atomic E-state index is 11.8. The fourth-order valence-electron chi connectivity index (χ4n) is 5.23. The first-order valence-corrected chi connectivity index (χ1v) is 11.5. The normalized spacial score (nSPS) is 20.7. The molecule has 2 aliphatic rings. The van der Waals surface area contributed by atoms with E-state index in [1.807, 2.05) is 18.2 Å². The number of carbonyl (C=O) groups is 2. The molecule has 1 aromatic carbocycles. The molecule has 6 heteroatoms. The Morgan fingerprint density at radius 1 is 1.23 bits per heavy atom. The summed E-state index contributed by atoms with van der Waals surface area (Å²) in [7, 11) is 4.21. The first-order valence-electron chi connectivity index (χ1n) is 11.5. The van der Waals surface area contributed by atoms with E-state index in [-0.39, 0.29) is 6.42 Å². The Hall–Kier alpha value is -2.34. The summed E-state index contributed by atoms with van der Waals surface area (Å²) in [5, 5.41) is 10.7. The number of hydrogen-bond donors (Lipinski definition) is 1. The zero-order valence-electron chi connectivity index (χ0n) is 18.9. The number of hydrogen-bond acceptors (Lipinski definition) is 4. The van der Waals surface area contributed by atoms with Crippen LogP contribution in [-0.2, 0) is 9.59 Å². The molecule has 1 unspecified atom stereocenters. The fraction of sp³-hybridized carbons (Fsp3) is 0.600. The quantitative estimate of drug-likeness (QED) is 0.435. The van der Waals surface area contributed by atoms with Gasteiger partial charge in [0, 0.05) is 12.0 Å². The van der Waals surface area contributed by atoms with E-state index < -0.39 is 11.4 Å². The van der Waals surface area contributed by atoms with Crippen molar-refractivity contribution in [3.63, 3.8) is 0 Å². The van der Waals surface area contributed by atoms with Gasteiger partial charge in [-0.25, -0.2) is 0 Å². The molecule has 1 saturated carbocycles. The first-order chi connectivity index (χ1) is 14.9. The van der Waals surface area contributed by atoms with Gasteiger partial charge in [0.1, 0.15) is 0 Å². The average Bonchev–Trinajstić information content (AvgIpc) is 2.73. The van der Waals surface area contributed by atoms with Crippen molar-refractivity contribution in [3.8, 4) is 5.75 Å². The summed E-state index contributed by atoms with van der Waals surface area (Å²) >= 11 is 0. The summed E-state index contributed by atoms with van der Waals surface area (Å²) < 4.78 is 0. The van der Waals surface area contributed by atoms with Crippen molar-refractivity contribution in [3.05, 3.63) is 35.9 Å². The van der Waals surface area contributed by atoms with Gasteiger partial charge in [-0.15, -0.1) is 0 Å².